The summed E-state index contributed by atoms with van der Waals surface area (Å²) in [5, 5.41) is 0. The average Bonchev–Trinajstić information content (AvgIpc) is 3.31. The molecule has 7 heteroatoms. The van der Waals surface area contributed by atoms with Crippen molar-refractivity contribution >= 4 is 10.0 Å². The SMILES string of the molecule is O=S(=O)(c1ccc(F)cc1)N1C[C@H]2CN(CC3CC3)CCO[C@H]2C1. The molecule has 1 aromatic rings. The van der Waals surface area contributed by atoms with E-state index in [9.17, 15) is 12.8 Å². The molecule has 1 aliphatic carbocycles. The molecule has 3 aliphatic rings. The maximum atomic E-state index is 13.1. The number of nitrogens with zero attached hydrogens (tertiary/aromatic N) is 2. The summed E-state index contributed by atoms with van der Waals surface area (Å²) in [6, 6.07) is 5.04. The van der Waals surface area contributed by atoms with Gasteiger partial charge in [-0.15, -0.1) is 0 Å². The fraction of sp³-hybridized carbons (Fsp3) is 0.647. The van der Waals surface area contributed by atoms with Crippen molar-refractivity contribution in [1.29, 1.82) is 0 Å². The van der Waals surface area contributed by atoms with Gasteiger partial charge in [-0.2, -0.15) is 4.31 Å². The highest BCUT2D eigenvalue weighted by molar-refractivity contribution is 7.89. The number of hydrogen-bond donors (Lipinski definition) is 0. The van der Waals surface area contributed by atoms with E-state index < -0.39 is 15.8 Å². The van der Waals surface area contributed by atoms with Gasteiger partial charge < -0.3 is 9.64 Å². The van der Waals surface area contributed by atoms with Crippen LogP contribution < -0.4 is 0 Å². The number of hydrogen-bond acceptors (Lipinski definition) is 4. The van der Waals surface area contributed by atoms with E-state index in [0.717, 1.165) is 25.6 Å². The third kappa shape index (κ3) is 3.35. The van der Waals surface area contributed by atoms with Gasteiger partial charge in [0.1, 0.15) is 5.82 Å². The van der Waals surface area contributed by atoms with Gasteiger partial charge in [-0.05, 0) is 43.0 Å². The molecule has 0 bridgehead atoms. The second-order valence-electron chi connectivity index (χ2n) is 7.15. The lowest BCUT2D eigenvalue weighted by molar-refractivity contribution is 0.0547. The molecule has 4 rings (SSSR count). The maximum absolute atomic E-state index is 13.1. The minimum absolute atomic E-state index is 0.0376. The summed E-state index contributed by atoms with van der Waals surface area (Å²) in [6.45, 7) is 4.48. The topological polar surface area (TPSA) is 49.9 Å². The van der Waals surface area contributed by atoms with Crippen molar-refractivity contribution in [2.24, 2.45) is 11.8 Å². The number of sulfonamides is 1. The van der Waals surface area contributed by atoms with Crippen molar-refractivity contribution in [1.82, 2.24) is 9.21 Å². The zero-order valence-corrected chi connectivity index (χ0v) is 14.4. The molecule has 2 atom stereocenters. The lowest BCUT2D eigenvalue weighted by atomic mass is 10.1. The Balaban J connectivity index is 1.47. The van der Waals surface area contributed by atoms with Crippen molar-refractivity contribution in [3.8, 4) is 0 Å². The highest BCUT2D eigenvalue weighted by Crippen LogP contribution is 2.32. The van der Waals surface area contributed by atoms with Crippen LogP contribution in [-0.4, -0.2) is 63.1 Å². The molecule has 5 nitrogen and oxygen atoms in total. The summed E-state index contributed by atoms with van der Waals surface area (Å²) in [5.41, 5.74) is 0. The quantitative estimate of drug-likeness (QED) is 0.823. The summed E-state index contributed by atoms with van der Waals surface area (Å²) in [7, 11) is -3.59. The van der Waals surface area contributed by atoms with Gasteiger partial charge in [0.25, 0.3) is 0 Å². The highest BCUT2D eigenvalue weighted by Gasteiger charge is 2.42. The third-order valence-electron chi connectivity index (χ3n) is 5.24. The second kappa shape index (κ2) is 6.37. The first kappa shape index (κ1) is 16.4. The van der Waals surface area contributed by atoms with E-state index in [-0.39, 0.29) is 16.9 Å². The zero-order valence-electron chi connectivity index (χ0n) is 13.6. The zero-order chi connectivity index (χ0) is 16.7. The number of ether oxygens (including phenoxy) is 1. The molecule has 0 spiro atoms. The molecule has 0 N–H and O–H groups in total. The molecule has 0 radical (unpaired) electrons. The van der Waals surface area contributed by atoms with Gasteiger partial charge in [-0.3, -0.25) is 0 Å². The molecule has 132 valence electrons. The Kier molecular flexibility index (Phi) is 4.36. The van der Waals surface area contributed by atoms with Gasteiger partial charge in [0.05, 0.1) is 17.6 Å². The van der Waals surface area contributed by atoms with Crippen molar-refractivity contribution < 1.29 is 17.5 Å². The van der Waals surface area contributed by atoms with Gasteiger partial charge in [-0.1, -0.05) is 0 Å². The summed E-state index contributed by atoms with van der Waals surface area (Å²) in [5.74, 6) is 0.600. The first-order chi connectivity index (χ1) is 11.5. The van der Waals surface area contributed by atoms with Crippen LogP contribution in [0.25, 0.3) is 0 Å². The van der Waals surface area contributed by atoms with Gasteiger partial charge in [0, 0.05) is 38.6 Å². The normalized spacial score (nSPS) is 29.4. The van der Waals surface area contributed by atoms with Crippen LogP contribution >= 0.6 is 0 Å². The Hall–Kier alpha value is -1.02. The first-order valence-electron chi connectivity index (χ1n) is 8.62. The van der Waals surface area contributed by atoms with E-state index in [0.29, 0.717) is 19.7 Å². The predicted octanol–water partition coefficient (Wildman–Crippen LogP) is 1.56. The number of benzene rings is 1. The fourth-order valence-corrected chi connectivity index (χ4v) is 5.22. The molecule has 1 saturated carbocycles. The van der Waals surface area contributed by atoms with Gasteiger partial charge >= 0.3 is 0 Å². The van der Waals surface area contributed by atoms with Gasteiger partial charge in [0.15, 0.2) is 0 Å². The van der Waals surface area contributed by atoms with Crippen LogP contribution in [0, 0.1) is 17.7 Å². The van der Waals surface area contributed by atoms with Crippen LogP contribution in [0.3, 0.4) is 0 Å². The highest BCUT2D eigenvalue weighted by atomic mass is 32.2. The van der Waals surface area contributed by atoms with Crippen LogP contribution in [0.4, 0.5) is 4.39 Å². The third-order valence-corrected chi connectivity index (χ3v) is 7.09. The van der Waals surface area contributed by atoms with Crippen molar-refractivity contribution in [3.05, 3.63) is 30.1 Å². The number of fused-ring (bicyclic) bond motifs is 1. The van der Waals surface area contributed by atoms with E-state index in [2.05, 4.69) is 4.90 Å². The first-order valence-corrected chi connectivity index (χ1v) is 10.1. The largest absolute Gasteiger partial charge is 0.375 e. The Bertz CT molecular complexity index is 690. The Morgan fingerprint density at radius 3 is 2.58 bits per heavy atom. The van der Waals surface area contributed by atoms with Gasteiger partial charge in [-0.25, -0.2) is 12.8 Å². The van der Waals surface area contributed by atoms with Crippen molar-refractivity contribution in [2.45, 2.75) is 23.8 Å². The molecular formula is C17H23FN2O3S. The van der Waals surface area contributed by atoms with Crippen molar-refractivity contribution in [2.75, 3.05) is 39.3 Å². The van der Waals surface area contributed by atoms with E-state index in [4.69, 9.17) is 4.74 Å². The van der Waals surface area contributed by atoms with E-state index >= 15 is 0 Å². The van der Waals surface area contributed by atoms with Gasteiger partial charge in [0.2, 0.25) is 10.0 Å². The molecule has 0 amide bonds. The van der Waals surface area contributed by atoms with Crippen LogP contribution in [-0.2, 0) is 14.8 Å². The Morgan fingerprint density at radius 1 is 1.12 bits per heavy atom. The van der Waals surface area contributed by atoms with E-state index in [1.165, 1.54) is 41.4 Å². The van der Waals surface area contributed by atoms with Crippen molar-refractivity contribution in [3.63, 3.8) is 0 Å². The average molecular weight is 354 g/mol. The second-order valence-corrected chi connectivity index (χ2v) is 9.09. The Morgan fingerprint density at radius 2 is 1.88 bits per heavy atom. The lowest BCUT2D eigenvalue weighted by Crippen LogP contribution is -2.35. The maximum Gasteiger partial charge on any atom is 0.243 e. The molecule has 1 aromatic carbocycles. The molecule has 2 heterocycles. The number of rotatable bonds is 4. The summed E-state index contributed by atoms with van der Waals surface area (Å²) < 4.78 is 46.0. The standard InChI is InChI=1S/C17H23FN2O3S/c18-15-3-5-16(6-4-15)24(21,22)20-11-14-10-19(9-13-1-2-13)7-8-23-17(14)12-20/h3-6,13-14,17H,1-2,7-12H2/t14-,17+/m1/s1. The van der Waals surface area contributed by atoms with E-state index in [1.807, 2.05) is 0 Å². The van der Waals surface area contributed by atoms with Crippen LogP contribution in [0.2, 0.25) is 0 Å². The minimum atomic E-state index is -3.59. The molecule has 24 heavy (non-hydrogen) atoms. The van der Waals surface area contributed by atoms with E-state index in [1.54, 1.807) is 0 Å². The minimum Gasteiger partial charge on any atom is -0.375 e. The smallest absolute Gasteiger partial charge is 0.243 e. The number of halogens is 1. The molecule has 3 fully saturated rings. The molecule has 2 saturated heterocycles. The lowest BCUT2D eigenvalue weighted by Gasteiger charge is -2.23. The Labute approximate surface area is 142 Å². The van der Waals surface area contributed by atoms with Crippen LogP contribution in [0.15, 0.2) is 29.2 Å². The molecule has 0 unspecified atom stereocenters. The summed E-state index contributed by atoms with van der Waals surface area (Å²) in [4.78, 5) is 2.58. The summed E-state index contributed by atoms with van der Waals surface area (Å²) >= 11 is 0. The van der Waals surface area contributed by atoms with Crippen LogP contribution in [0.1, 0.15) is 12.8 Å². The predicted molar refractivity (Wildman–Crippen MR) is 87.6 cm³/mol. The monoisotopic (exact) mass is 354 g/mol. The van der Waals surface area contributed by atoms with Crippen LogP contribution in [0.5, 0.6) is 0 Å². The molecule has 2 aliphatic heterocycles. The fourth-order valence-electron chi connectivity index (χ4n) is 3.71. The summed E-state index contributed by atoms with van der Waals surface area (Å²) in [6.07, 6.45) is 2.59. The molecule has 0 aromatic heterocycles. The molecular weight excluding hydrogens is 331 g/mol.